The summed E-state index contributed by atoms with van der Waals surface area (Å²) in [4.78, 5) is 16.8. The van der Waals surface area contributed by atoms with E-state index in [0.717, 1.165) is 27.8 Å². The first-order valence-corrected chi connectivity index (χ1v) is 22.6. The maximum Gasteiger partial charge on any atom is 0.164 e. The lowest BCUT2D eigenvalue weighted by molar-refractivity contribution is 0.622. The average molecular weight is 822 g/mol. The summed E-state index contributed by atoms with van der Waals surface area (Å²) in [6, 6.07) is 70.6. The van der Waals surface area contributed by atoms with Crippen LogP contribution in [0.1, 0.15) is 40.6 Å². The molecule has 296 valence electrons. The lowest BCUT2D eigenvalue weighted by atomic mass is 9.70. The standard InChI is InChI=1S/C59H39N3S/c1-58-36-42(33-34-53(58)63-52-28-12-11-26-50(52)58)57-61-55(39-15-3-2-4-16-39)60-56(62-57)41-18-13-17-40(35-41)37-29-31-38(32-30-37)43-22-14-27-51-54(43)46-21-7-10-25-49(46)59(51)47-23-8-5-19-44(47)45-20-6-9-24-48(45)59/h2-36,53H,1H3. The van der Waals surface area contributed by atoms with Crippen molar-refractivity contribution in [1.82, 2.24) is 15.0 Å². The van der Waals surface area contributed by atoms with Crippen molar-refractivity contribution in [3.05, 3.63) is 246 Å². The van der Waals surface area contributed by atoms with E-state index in [1.807, 2.05) is 30.0 Å². The molecule has 63 heavy (non-hydrogen) atoms. The van der Waals surface area contributed by atoms with Crippen molar-refractivity contribution < 1.29 is 0 Å². The number of hydrogen-bond donors (Lipinski definition) is 0. The van der Waals surface area contributed by atoms with Crippen LogP contribution in [-0.2, 0) is 10.8 Å². The SMILES string of the molecule is CC12C=C(c3nc(-c4ccccc4)nc(-c4cccc(-c5ccc(-c6cccc7c6-c6ccccc6C76c7ccccc7-c7ccccc76)cc5)c4)n3)C=CC1Sc1ccccc12. The van der Waals surface area contributed by atoms with Gasteiger partial charge in [0.15, 0.2) is 17.5 Å². The van der Waals surface area contributed by atoms with E-state index in [-0.39, 0.29) is 10.8 Å². The molecule has 0 saturated carbocycles. The minimum Gasteiger partial charge on any atom is -0.208 e. The van der Waals surface area contributed by atoms with Gasteiger partial charge in [-0.25, -0.2) is 15.0 Å². The van der Waals surface area contributed by atoms with E-state index in [9.17, 15) is 0 Å². The monoisotopic (exact) mass is 821 g/mol. The van der Waals surface area contributed by atoms with Gasteiger partial charge in [-0.05, 0) is 84.5 Å². The lowest BCUT2D eigenvalue weighted by Crippen LogP contribution is -2.29. The van der Waals surface area contributed by atoms with Crippen LogP contribution >= 0.6 is 11.8 Å². The van der Waals surface area contributed by atoms with Crippen molar-refractivity contribution in [3.8, 4) is 67.3 Å². The van der Waals surface area contributed by atoms with Crippen LogP contribution < -0.4 is 0 Å². The molecule has 2 unspecified atom stereocenters. The van der Waals surface area contributed by atoms with Crippen molar-refractivity contribution >= 4 is 17.3 Å². The topological polar surface area (TPSA) is 38.7 Å². The molecule has 2 heterocycles. The van der Waals surface area contributed by atoms with E-state index in [0.29, 0.717) is 22.7 Å². The summed E-state index contributed by atoms with van der Waals surface area (Å²) in [6.07, 6.45) is 6.89. The molecule has 0 saturated heterocycles. The van der Waals surface area contributed by atoms with E-state index in [1.165, 1.54) is 66.1 Å². The largest absolute Gasteiger partial charge is 0.208 e. The van der Waals surface area contributed by atoms with Gasteiger partial charge in [-0.2, -0.15) is 0 Å². The summed E-state index contributed by atoms with van der Waals surface area (Å²) in [6.45, 7) is 2.34. The highest BCUT2D eigenvalue weighted by molar-refractivity contribution is 8.00. The zero-order valence-corrected chi connectivity index (χ0v) is 35.4. The zero-order valence-electron chi connectivity index (χ0n) is 34.5. The Hall–Kier alpha value is -7.40. The van der Waals surface area contributed by atoms with Gasteiger partial charge in [0.05, 0.1) is 5.41 Å². The fraction of sp³-hybridized carbons (Fsp3) is 0.0678. The number of benzene rings is 8. The quantitative estimate of drug-likeness (QED) is 0.173. The molecule has 0 N–H and O–H groups in total. The van der Waals surface area contributed by atoms with Crippen LogP contribution in [0.2, 0.25) is 0 Å². The van der Waals surface area contributed by atoms with Crippen molar-refractivity contribution in [2.75, 3.05) is 0 Å². The molecule has 4 heteroatoms. The third kappa shape index (κ3) is 5.31. The summed E-state index contributed by atoms with van der Waals surface area (Å²) in [5.41, 5.74) is 19.1. The summed E-state index contributed by atoms with van der Waals surface area (Å²) in [5.74, 6) is 2.00. The predicted molar refractivity (Wildman–Crippen MR) is 258 cm³/mol. The molecule has 8 aromatic carbocycles. The van der Waals surface area contributed by atoms with E-state index in [1.54, 1.807) is 0 Å². The van der Waals surface area contributed by atoms with Gasteiger partial charge in [-0.15, -0.1) is 11.8 Å². The van der Waals surface area contributed by atoms with Crippen LogP contribution in [0, 0.1) is 0 Å². The highest BCUT2D eigenvalue weighted by atomic mass is 32.2. The molecule has 9 aromatic rings. The second-order valence-corrected chi connectivity index (χ2v) is 18.4. The summed E-state index contributed by atoms with van der Waals surface area (Å²) >= 11 is 1.93. The van der Waals surface area contributed by atoms with Gasteiger partial charge in [0.2, 0.25) is 0 Å². The second-order valence-electron chi connectivity index (χ2n) is 17.2. The molecule has 3 aliphatic carbocycles. The lowest BCUT2D eigenvalue weighted by Gasteiger charge is -2.30. The molecule has 0 radical (unpaired) electrons. The first-order valence-electron chi connectivity index (χ1n) is 21.7. The molecule has 2 atom stereocenters. The van der Waals surface area contributed by atoms with Gasteiger partial charge < -0.3 is 0 Å². The number of allylic oxidation sites excluding steroid dienone is 3. The van der Waals surface area contributed by atoms with Gasteiger partial charge in [-0.1, -0.05) is 207 Å². The molecule has 1 aromatic heterocycles. The summed E-state index contributed by atoms with van der Waals surface area (Å²) in [5, 5.41) is 0.328. The molecule has 13 rings (SSSR count). The molecular weight excluding hydrogens is 783 g/mol. The van der Waals surface area contributed by atoms with Gasteiger partial charge in [-0.3, -0.25) is 0 Å². The van der Waals surface area contributed by atoms with Crippen molar-refractivity contribution in [2.24, 2.45) is 0 Å². The summed E-state index contributed by atoms with van der Waals surface area (Å²) < 4.78 is 0. The van der Waals surface area contributed by atoms with Gasteiger partial charge in [0, 0.05) is 32.3 Å². The molecule has 0 fully saturated rings. The smallest absolute Gasteiger partial charge is 0.164 e. The van der Waals surface area contributed by atoms with Crippen LogP contribution in [0.5, 0.6) is 0 Å². The van der Waals surface area contributed by atoms with Crippen molar-refractivity contribution in [3.63, 3.8) is 0 Å². The minimum atomic E-state index is -0.365. The third-order valence-electron chi connectivity index (χ3n) is 13.8. The second kappa shape index (κ2) is 13.8. The summed E-state index contributed by atoms with van der Waals surface area (Å²) in [7, 11) is 0. The minimum absolute atomic E-state index is 0.158. The molecule has 0 amide bonds. The Kier molecular flexibility index (Phi) is 7.95. The molecule has 1 spiro atoms. The zero-order chi connectivity index (χ0) is 41.7. The maximum atomic E-state index is 5.20. The molecule has 3 nitrogen and oxygen atoms in total. The Labute approximate surface area is 371 Å². The van der Waals surface area contributed by atoms with E-state index >= 15 is 0 Å². The number of fused-ring (bicyclic) bond motifs is 13. The highest BCUT2D eigenvalue weighted by Gasteiger charge is 2.52. The van der Waals surface area contributed by atoms with Gasteiger partial charge in [0.1, 0.15) is 0 Å². The van der Waals surface area contributed by atoms with E-state index < -0.39 is 0 Å². The normalized spacial score (nSPS) is 17.9. The van der Waals surface area contributed by atoms with Crippen molar-refractivity contribution in [2.45, 2.75) is 27.9 Å². The van der Waals surface area contributed by atoms with E-state index in [2.05, 4.69) is 201 Å². The van der Waals surface area contributed by atoms with Gasteiger partial charge in [0.25, 0.3) is 0 Å². The Morgan fingerprint density at radius 3 is 1.68 bits per heavy atom. The number of nitrogens with zero attached hydrogens (tertiary/aromatic N) is 3. The molecule has 4 aliphatic rings. The van der Waals surface area contributed by atoms with E-state index in [4.69, 9.17) is 15.0 Å². The number of aromatic nitrogens is 3. The van der Waals surface area contributed by atoms with Crippen molar-refractivity contribution in [1.29, 1.82) is 0 Å². The van der Waals surface area contributed by atoms with Crippen LogP contribution in [0.3, 0.4) is 0 Å². The Morgan fingerprint density at radius 2 is 0.937 bits per heavy atom. The Morgan fingerprint density at radius 1 is 0.413 bits per heavy atom. The maximum absolute atomic E-state index is 5.20. The predicted octanol–water partition coefficient (Wildman–Crippen LogP) is 14.3. The fourth-order valence-electron chi connectivity index (χ4n) is 10.9. The first kappa shape index (κ1) is 36.3. The third-order valence-corrected chi connectivity index (χ3v) is 15.3. The number of thioether (sulfide) groups is 1. The first-order chi connectivity index (χ1) is 31.1. The number of rotatable bonds is 5. The van der Waals surface area contributed by atoms with Crippen LogP contribution in [0.4, 0.5) is 0 Å². The fourth-order valence-corrected chi connectivity index (χ4v) is 12.4. The molecular formula is C59H39N3S. The Bertz CT molecular complexity index is 3360. The number of hydrogen-bond acceptors (Lipinski definition) is 4. The van der Waals surface area contributed by atoms with Gasteiger partial charge >= 0.3 is 0 Å². The average Bonchev–Trinajstić information content (AvgIpc) is 3.95. The van der Waals surface area contributed by atoms with Crippen LogP contribution in [-0.4, -0.2) is 20.2 Å². The highest BCUT2D eigenvalue weighted by Crippen LogP contribution is 2.64. The van der Waals surface area contributed by atoms with Crippen LogP contribution in [0.25, 0.3) is 72.9 Å². The van der Waals surface area contributed by atoms with Crippen LogP contribution in [0.15, 0.2) is 217 Å². The molecule has 1 aliphatic heterocycles. The Balaban J connectivity index is 0.890. The molecule has 0 bridgehead atoms.